The number of rotatable bonds is 5. The van der Waals surface area contributed by atoms with Crippen LogP contribution in [0.5, 0.6) is 0 Å². The van der Waals surface area contributed by atoms with Gasteiger partial charge in [0.25, 0.3) is 5.91 Å². The van der Waals surface area contributed by atoms with E-state index in [-0.39, 0.29) is 18.4 Å². The van der Waals surface area contributed by atoms with E-state index < -0.39 is 17.8 Å². The van der Waals surface area contributed by atoms with Gasteiger partial charge < -0.3 is 10.2 Å². The molecular formula is C18H17F3N2O2S. The smallest absolute Gasteiger partial charge is 0.343 e. The quantitative estimate of drug-likeness (QED) is 0.854. The average molecular weight is 382 g/mol. The normalized spacial score (nSPS) is 16.0. The maximum Gasteiger partial charge on any atom is 0.416 e. The van der Waals surface area contributed by atoms with Crippen molar-refractivity contribution in [1.82, 2.24) is 10.2 Å². The van der Waals surface area contributed by atoms with Crippen LogP contribution in [0.2, 0.25) is 0 Å². The number of hydrogen-bond donors (Lipinski definition) is 1. The largest absolute Gasteiger partial charge is 0.416 e. The molecule has 1 atom stereocenters. The average Bonchev–Trinajstić information content (AvgIpc) is 3.26. The molecule has 1 aromatic heterocycles. The summed E-state index contributed by atoms with van der Waals surface area (Å²) < 4.78 is 39.1. The molecule has 1 aliphatic heterocycles. The Bertz CT molecular complexity index is 790. The second-order valence-electron chi connectivity index (χ2n) is 6.10. The Morgan fingerprint density at radius 1 is 1.31 bits per heavy atom. The minimum atomic E-state index is -4.47. The molecule has 0 saturated carbocycles. The summed E-state index contributed by atoms with van der Waals surface area (Å²) in [4.78, 5) is 25.9. The van der Waals surface area contributed by atoms with E-state index in [1.54, 1.807) is 21.7 Å². The summed E-state index contributed by atoms with van der Waals surface area (Å²) in [5.41, 5.74) is -0.0136. The van der Waals surface area contributed by atoms with Gasteiger partial charge in [0.05, 0.1) is 17.2 Å². The Morgan fingerprint density at radius 2 is 2.12 bits per heavy atom. The molecule has 4 nitrogen and oxygen atoms in total. The molecule has 0 spiro atoms. The van der Waals surface area contributed by atoms with Crippen LogP contribution in [-0.2, 0) is 11.0 Å². The van der Waals surface area contributed by atoms with E-state index in [1.165, 1.54) is 23.5 Å². The molecule has 2 heterocycles. The van der Waals surface area contributed by atoms with Crippen LogP contribution < -0.4 is 5.32 Å². The summed E-state index contributed by atoms with van der Waals surface area (Å²) in [6.45, 7) is 0.693. The highest BCUT2D eigenvalue weighted by molar-refractivity contribution is 7.08. The maximum absolute atomic E-state index is 13.0. The van der Waals surface area contributed by atoms with Crippen molar-refractivity contribution in [2.24, 2.45) is 0 Å². The van der Waals surface area contributed by atoms with Crippen molar-refractivity contribution >= 4 is 23.2 Å². The fourth-order valence-corrected chi connectivity index (χ4v) is 3.55. The number of nitrogens with zero attached hydrogens (tertiary/aromatic N) is 1. The first-order chi connectivity index (χ1) is 12.3. The van der Waals surface area contributed by atoms with Gasteiger partial charge in [-0.15, -0.1) is 0 Å². The minimum Gasteiger partial charge on any atom is -0.343 e. The second-order valence-corrected chi connectivity index (χ2v) is 6.88. The first kappa shape index (κ1) is 18.4. The third-order valence-electron chi connectivity index (χ3n) is 4.28. The van der Waals surface area contributed by atoms with Crippen molar-refractivity contribution in [2.75, 3.05) is 13.1 Å². The van der Waals surface area contributed by atoms with Gasteiger partial charge in [0.2, 0.25) is 5.91 Å². The molecule has 26 heavy (non-hydrogen) atoms. The highest BCUT2D eigenvalue weighted by Gasteiger charge is 2.32. The lowest BCUT2D eigenvalue weighted by Crippen LogP contribution is -2.38. The molecule has 1 aliphatic rings. The Balaban J connectivity index is 1.87. The topological polar surface area (TPSA) is 49.4 Å². The predicted molar refractivity (Wildman–Crippen MR) is 91.8 cm³/mol. The number of carbonyl (C=O) groups is 2. The fourth-order valence-electron chi connectivity index (χ4n) is 2.92. The number of likely N-dealkylation sites (tertiary alicyclic amines) is 1. The lowest BCUT2D eigenvalue weighted by Gasteiger charge is -2.25. The van der Waals surface area contributed by atoms with Gasteiger partial charge in [0.15, 0.2) is 0 Å². The number of halogens is 3. The Hall–Kier alpha value is -2.35. The van der Waals surface area contributed by atoms with Crippen LogP contribution in [0.15, 0.2) is 41.1 Å². The van der Waals surface area contributed by atoms with E-state index in [0.717, 1.165) is 12.1 Å². The second kappa shape index (κ2) is 7.49. The molecule has 0 unspecified atom stereocenters. The zero-order chi connectivity index (χ0) is 18.7. The summed E-state index contributed by atoms with van der Waals surface area (Å²) in [5.74, 6) is -0.424. The fraction of sp³-hybridized carbons (Fsp3) is 0.333. The third kappa shape index (κ3) is 4.24. The third-order valence-corrected chi connectivity index (χ3v) is 4.96. The van der Waals surface area contributed by atoms with Gasteiger partial charge in [-0.25, -0.2) is 0 Å². The van der Waals surface area contributed by atoms with Crippen LogP contribution >= 0.6 is 11.3 Å². The van der Waals surface area contributed by atoms with E-state index in [1.807, 2.05) is 0 Å². The Kier molecular flexibility index (Phi) is 5.31. The van der Waals surface area contributed by atoms with E-state index in [9.17, 15) is 22.8 Å². The molecule has 3 rings (SSSR count). The Morgan fingerprint density at radius 3 is 2.73 bits per heavy atom. The first-order valence-electron chi connectivity index (χ1n) is 8.12. The molecule has 1 saturated heterocycles. The van der Waals surface area contributed by atoms with Gasteiger partial charge in [-0.2, -0.15) is 24.5 Å². The molecular weight excluding hydrogens is 365 g/mol. The standard InChI is InChI=1S/C18H17F3N2O2S/c19-18(20,21)14-4-1-3-12(9-14)15(10-23-7-2-5-16(23)24)22-17(25)13-6-8-26-11-13/h1,3-4,6,8-9,11,15H,2,5,7,10H2,(H,22,25)/t15-/m0/s1. The molecule has 2 amide bonds. The van der Waals surface area contributed by atoms with Gasteiger partial charge in [0, 0.05) is 24.9 Å². The predicted octanol–water partition coefficient (Wildman–Crippen LogP) is 3.86. The number of carbonyl (C=O) groups excluding carboxylic acids is 2. The van der Waals surface area contributed by atoms with Crippen LogP contribution in [0, 0.1) is 0 Å². The van der Waals surface area contributed by atoms with Gasteiger partial charge in [-0.1, -0.05) is 12.1 Å². The van der Waals surface area contributed by atoms with Crippen LogP contribution in [0.4, 0.5) is 13.2 Å². The highest BCUT2D eigenvalue weighted by Crippen LogP contribution is 2.31. The lowest BCUT2D eigenvalue weighted by atomic mass is 10.0. The molecule has 138 valence electrons. The zero-order valence-corrected chi connectivity index (χ0v) is 14.6. The summed E-state index contributed by atoms with van der Waals surface area (Å²) in [6, 6.07) is 5.79. The summed E-state index contributed by atoms with van der Waals surface area (Å²) in [7, 11) is 0. The maximum atomic E-state index is 13.0. The number of benzene rings is 1. The van der Waals surface area contributed by atoms with Crippen LogP contribution in [0.1, 0.15) is 40.4 Å². The summed E-state index contributed by atoms with van der Waals surface area (Å²) >= 11 is 1.36. The summed E-state index contributed by atoms with van der Waals surface area (Å²) in [5, 5.41) is 6.18. The minimum absolute atomic E-state index is 0.0493. The van der Waals surface area contributed by atoms with Crippen molar-refractivity contribution in [2.45, 2.75) is 25.1 Å². The number of nitrogens with one attached hydrogen (secondary N) is 1. The number of alkyl halides is 3. The van der Waals surface area contributed by atoms with Crippen molar-refractivity contribution in [3.8, 4) is 0 Å². The van der Waals surface area contributed by atoms with E-state index in [4.69, 9.17) is 0 Å². The first-order valence-corrected chi connectivity index (χ1v) is 9.07. The van der Waals surface area contributed by atoms with E-state index in [2.05, 4.69) is 5.32 Å². The number of thiophene rings is 1. The van der Waals surface area contributed by atoms with Crippen molar-refractivity contribution in [1.29, 1.82) is 0 Å². The number of amides is 2. The van der Waals surface area contributed by atoms with Crippen LogP contribution in [-0.4, -0.2) is 29.8 Å². The van der Waals surface area contributed by atoms with Crippen molar-refractivity contribution in [3.63, 3.8) is 0 Å². The molecule has 1 N–H and O–H groups in total. The monoisotopic (exact) mass is 382 g/mol. The van der Waals surface area contributed by atoms with Crippen LogP contribution in [0.25, 0.3) is 0 Å². The van der Waals surface area contributed by atoms with Gasteiger partial charge in [-0.05, 0) is 35.6 Å². The molecule has 0 bridgehead atoms. The van der Waals surface area contributed by atoms with Gasteiger partial charge >= 0.3 is 6.18 Å². The highest BCUT2D eigenvalue weighted by atomic mass is 32.1. The molecule has 0 radical (unpaired) electrons. The lowest BCUT2D eigenvalue weighted by molar-refractivity contribution is -0.137. The van der Waals surface area contributed by atoms with Gasteiger partial charge in [-0.3, -0.25) is 9.59 Å². The summed E-state index contributed by atoms with van der Waals surface area (Å²) in [6.07, 6.45) is -3.33. The molecule has 1 aromatic carbocycles. The van der Waals surface area contributed by atoms with E-state index >= 15 is 0 Å². The van der Waals surface area contributed by atoms with Gasteiger partial charge in [0.1, 0.15) is 0 Å². The molecule has 8 heteroatoms. The van der Waals surface area contributed by atoms with Crippen LogP contribution in [0.3, 0.4) is 0 Å². The van der Waals surface area contributed by atoms with E-state index in [0.29, 0.717) is 30.5 Å². The Labute approximate surface area is 152 Å². The van der Waals surface area contributed by atoms with Crippen molar-refractivity contribution in [3.05, 3.63) is 57.8 Å². The zero-order valence-electron chi connectivity index (χ0n) is 13.8. The molecule has 0 aliphatic carbocycles. The molecule has 2 aromatic rings. The molecule has 1 fully saturated rings. The SMILES string of the molecule is O=C(N[C@@H](CN1CCCC1=O)c1cccc(C(F)(F)F)c1)c1ccsc1. The van der Waals surface area contributed by atoms with Crippen molar-refractivity contribution < 1.29 is 22.8 Å². The number of hydrogen-bond acceptors (Lipinski definition) is 3.